The first-order valence-corrected chi connectivity index (χ1v) is 9.96. The maximum Gasteiger partial charge on any atom is 0.410 e. The lowest BCUT2D eigenvalue weighted by atomic mass is 10.1. The largest absolute Gasteiger partial charge is 0.445 e. The number of nitrogens with zero attached hydrogens (tertiary/aromatic N) is 2. The van der Waals surface area contributed by atoms with Gasteiger partial charge in [0.05, 0.1) is 10.0 Å². The number of benzene rings is 2. The predicted octanol–water partition coefficient (Wildman–Crippen LogP) is 5.23. The summed E-state index contributed by atoms with van der Waals surface area (Å²) in [6, 6.07) is 16.0. The molecular formula is C21H24Cl2N2O2. The minimum atomic E-state index is -0.219. The molecule has 0 spiro atoms. The Labute approximate surface area is 170 Å². The highest BCUT2D eigenvalue weighted by atomic mass is 35.5. The molecule has 2 aromatic carbocycles. The van der Waals surface area contributed by atoms with E-state index in [4.69, 9.17) is 27.9 Å². The van der Waals surface area contributed by atoms with E-state index in [2.05, 4.69) is 17.0 Å². The summed E-state index contributed by atoms with van der Waals surface area (Å²) in [7, 11) is 0. The third-order valence-corrected chi connectivity index (χ3v) is 5.47. The number of cyclic esters (lactones) is 1. The van der Waals surface area contributed by atoms with Crippen molar-refractivity contribution < 1.29 is 9.53 Å². The smallest absolute Gasteiger partial charge is 0.410 e. The molecule has 2 aromatic rings. The van der Waals surface area contributed by atoms with Gasteiger partial charge >= 0.3 is 6.09 Å². The van der Waals surface area contributed by atoms with Crippen LogP contribution in [-0.2, 0) is 17.8 Å². The standard InChI is InChI=1S/C21H24Cl2N2O2/c1-2-25-11-10-18(27-21(25)26)15-24(13-16-6-4-3-5-7-16)14-17-8-9-19(22)20(23)12-17/h3-9,12,18H,2,10-11,13-15H2,1H3/t18-/m0/s1. The topological polar surface area (TPSA) is 32.8 Å². The van der Waals surface area contributed by atoms with Crippen LogP contribution < -0.4 is 0 Å². The number of amides is 1. The lowest BCUT2D eigenvalue weighted by Crippen LogP contribution is -2.45. The monoisotopic (exact) mass is 406 g/mol. The molecule has 0 unspecified atom stereocenters. The lowest BCUT2D eigenvalue weighted by Gasteiger charge is -2.34. The summed E-state index contributed by atoms with van der Waals surface area (Å²) in [4.78, 5) is 16.1. The van der Waals surface area contributed by atoms with E-state index in [0.717, 1.165) is 25.1 Å². The van der Waals surface area contributed by atoms with Crippen molar-refractivity contribution in [2.45, 2.75) is 32.5 Å². The Morgan fingerprint density at radius 3 is 2.48 bits per heavy atom. The third kappa shape index (κ3) is 5.61. The molecule has 27 heavy (non-hydrogen) atoms. The minimum Gasteiger partial charge on any atom is -0.445 e. The van der Waals surface area contributed by atoms with Crippen LogP contribution in [0.25, 0.3) is 0 Å². The van der Waals surface area contributed by atoms with Crippen LogP contribution in [0.5, 0.6) is 0 Å². The van der Waals surface area contributed by atoms with Gasteiger partial charge in [-0.3, -0.25) is 4.90 Å². The van der Waals surface area contributed by atoms with E-state index in [1.54, 1.807) is 4.90 Å². The molecule has 0 N–H and O–H groups in total. The fourth-order valence-electron chi connectivity index (χ4n) is 3.29. The second kappa shape index (κ2) is 9.45. The Balaban J connectivity index is 1.71. The molecule has 1 amide bonds. The van der Waals surface area contributed by atoms with Crippen molar-refractivity contribution in [2.75, 3.05) is 19.6 Å². The maximum atomic E-state index is 12.1. The first kappa shape index (κ1) is 20.0. The maximum absolute atomic E-state index is 12.1. The van der Waals surface area contributed by atoms with Crippen molar-refractivity contribution in [1.82, 2.24) is 9.80 Å². The Kier molecular flexibility index (Phi) is 7.00. The summed E-state index contributed by atoms with van der Waals surface area (Å²) < 4.78 is 5.64. The van der Waals surface area contributed by atoms with Gasteiger partial charge in [0.2, 0.25) is 0 Å². The van der Waals surface area contributed by atoms with Crippen LogP contribution >= 0.6 is 23.2 Å². The summed E-state index contributed by atoms with van der Waals surface area (Å²) in [5.74, 6) is 0. The Bertz CT molecular complexity index is 770. The predicted molar refractivity (Wildman–Crippen MR) is 109 cm³/mol. The number of rotatable bonds is 7. The fraction of sp³-hybridized carbons (Fsp3) is 0.381. The van der Waals surface area contributed by atoms with Crippen molar-refractivity contribution in [2.24, 2.45) is 0 Å². The molecule has 0 aliphatic carbocycles. The molecule has 0 bridgehead atoms. The van der Waals surface area contributed by atoms with Gasteiger partial charge in [0.15, 0.2) is 0 Å². The van der Waals surface area contributed by atoms with Gasteiger partial charge in [0.1, 0.15) is 6.10 Å². The SMILES string of the molecule is CCN1CC[C@@H](CN(Cc2ccccc2)Cc2ccc(Cl)c(Cl)c2)OC1=O. The van der Waals surface area contributed by atoms with Gasteiger partial charge in [0, 0.05) is 39.1 Å². The van der Waals surface area contributed by atoms with Crippen LogP contribution in [0.3, 0.4) is 0 Å². The van der Waals surface area contributed by atoms with Crippen molar-refractivity contribution in [3.63, 3.8) is 0 Å². The summed E-state index contributed by atoms with van der Waals surface area (Å²) in [5, 5.41) is 1.10. The van der Waals surface area contributed by atoms with E-state index in [1.165, 1.54) is 5.56 Å². The van der Waals surface area contributed by atoms with E-state index in [-0.39, 0.29) is 12.2 Å². The summed E-state index contributed by atoms with van der Waals surface area (Å²) >= 11 is 12.2. The molecule has 0 saturated carbocycles. The molecule has 3 rings (SSSR count). The average Bonchev–Trinajstić information content (AvgIpc) is 2.66. The fourth-order valence-corrected chi connectivity index (χ4v) is 3.61. The zero-order valence-electron chi connectivity index (χ0n) is 15.4. The first-order valence-electron chi connectivity index (χ1n) is 9.21. The zero-order valence-corrected chi connectivity index (χ0v) is 16.9. The van der Waals surface area contributed by atoms with Gasteiger partial charge in [-0.15, -0.1) is 0 Å². The van der Waals surface area contributed by atoms with E-state index < -0.39 is 0 Å². The van der Waals surface area contributed by atoms with Gasteiger partial charge in [-0.2, -0.15) is 0 Å². The summed E-state index contributed by atoms with van der Waals surface area (Å²) in [5.41, 5.74) is 2.30. The second-order valence-corrected chi connectivity index (χ2v) is 7.59. The van der Waals surface area contributed by atoms with Crippen molar-refractivity contribution in [3.8, 4) is 0 Å². The number of ether oxygens (including phenoxy) is 1. The number of halogens is 2. The normalized spacial score (nSPS) is 17.3. The molecule has 0 aromatic heterocycles. The Morgan fingerprint density at radius 2 is 1.81 bits per heavy atom. The van der Waals surface area contributed by atoms with E-state index in [1.807, 2.05) is 43.3 Å². The number of hydrogen-bond donors (Lipinski definition) is 0. The quantitative estimate of drug-likeness (QED) is 0.631. The Morgan fingerprint density at radius 1 is 1.07 bits per heavy atom. The van der Waals surface area contributed by atoms with Crippen LogP contribution in [-0.4, -0.2) is 41.6 Å². The molecule has 1 saturated heterocycles. The summed E-state index contributed by atoms with van der Waals surface area (Å²) in [6.07, 6.45) is 0.515. The molecule has 6 heteroatoms. The Hall–Kier alpha value is -1.75. The minimum absolute atomic E-state index is 0.105. The average molecular weight is 407 g/mol. The van der Waals surface area contributed by atoms with Crippen molar-refractivity contribution in [1.29, 1.82) is 0 Å². The molecular weight excluding hydrogens is 383 g/mol. The molecule has 0 radical (unpaired) electrons. The number of carbonyl (C=O) groups is 1. The van der Waals surface area contributed by atoms with Crippen molar-refractivity contribution in [3.05, 3.63) is 69.7 Å². The van der Waals surface area contributed by atoms with Crippen LogP contribution in [0.2, 0.25) is 10.0 Å². The van der Waals surface area contributed by atoms with Gasteiger partial charge in [0.25, 0.3) is 0 Å². The molecule has 144 valence electrons. The van der Waals surface area contributed by atoms with Crippen LogP contribution in [0.1, 0.15) is 24.5 Å². The highest BCUT2D eigenvalue weighted by Crippen LogP contribution is 2.24. The van der Waals surface area contributed by atoms with E-state index >= 15 is 0 Å². The highest BCUT2D eigenvalue weighted by Gasteiger charge is 2.27. The van der Waals surface area contributed by atoms with Crippen LogP contribution in [0.4, 0.5) is 4.79 Å². The molecule has 1 fully saturated rings. The van der Waals surface area contributed by atoms with E-state index in [0.29, 0.717) is 29.7 Å². The first-order chi connectivity index (χ1) is 13.0. The second-order valence-electron chi connectivity index (χ2n) is 6.78. The molecule has 1 aliphatic rings. The van der Waals surface area contributed by atoms with Gasteiger partial charge in [-0.05, 0) is 30.2 Å². The van der Waals surface area contributed by atoms with Crippen LogP contribution in [0, 0.1) is 0 Å². The number of hydrogen-bond acceptors (Lipinski definition) is 3. The van der Waals surface area contributed by atoms with Gasteiger partial charge < -0.3 is 9.64 Å². The van der Waals surface area contributed by atoms with Gasteiger partial charge in [-0.1, -0.05) is 59.6 Å². The lowest BCUT2D eigenvalue weighted by molar-refractivity contribution is 0.00722. The molecule has 1 heterocycles. The van der Waals surface area contributed by atoms with Gasteiger partial charge in [-0.25, -0.2) is 4.79 Å². The van der Waals surface area contributed by atoms with Crippen LogP contribution in [0.15, 0.2) is 48.5 Å². The van der Waals surface area contributed by atoms with Crippen molar-refractivity contribution >= 4 is 29.3 Å². The molecule has 1 aliphatic heterocycles. The zero-order chi connectivity index (χ0) is 19.2. The highest BCUT2D eigenvalue weighted by molar-refractivity contribution is 6.42. The molecule has 4 nitrogen and oxygen atoms in total. The molecule has 1 atom stereocenters. The number of carbonyl (C=O) groups excluding carboxylic acids is 1. The summed E-state index contributed by atoms with van der Waals surface area (Å²) in [6.45, 7) is 5.55. The third-order valence-electron chi connectivity index (χ3n) is 4.73. The van der Waals surface area contributed by atoms with E-state index in [9.17, 15) is 4.79 Å².